The quantitative estimate of drug-likeness (QED) is 0.806. The minimum Gasteiger partial charge on any atom is -0.371 e. The topological polar surface area (TPSA) is 29.3 Å². The lowest BCUT2D eigenvalue weighted by Crippen LogP contribution is -2.30. The van der Waals surface area contributed by atoms with E-state index < -0.39 is 0 Å². The first-order valence-electron chi connectivity index (χ1n) is 7.30. The Morgan fingerprint density at radius 3 is 2.26 bits per heavy atom. The Hall–Kier alpha value is -0.540. The van der Waals surface area contributed by atoms with Crippen LogP contribution < -0.4 is 10.6 Å². The van der Waals surface area contributed by atoms with Crippen molar-refractivity contribution in [2.45, 2.75) is 58.5 Å². The Bertz CT molecular complexity index is 388. The number of nitrogens with zero attached hydrogens (tertiary/aromatic N) is 1. The van der Waals surface area contributed by atoms with Gasteiger partial charge in [-0.3, -0.25) is 0 Å². The SMILES string of the molecule is CCC(N)Cc1ccc(N(C)C(CC)CC)c(Br)c1. The van der Waals surface area contributed by atoms with Gasteiger partial charge in [-0.25, -0.2) is 0 Å². The highest BCUT2D eigenvalue weighted by molar-refractivity contribution is 9.10. The van der Waals surface area contributed by atoms with Crippen LogP contribution in [0, 0.1) is 0 Å². The zero-order valence-electron chi connectivity index (χ0n) is 12.6. The van der Waals surface area contributed by atoms with E-state index in [9.17, 15) is 0 Å². The molecule has 1 unspecified atom stereocenters. The average molecular weight is 327 g/mol. The summed E-state index contributed by atoms with van der Waals surface area (Å²) < 4.78 is 1.17. The number of benzene rings is 1. The number of halogens is 1. The molecule has 0 aliphatic rings. The van der Waals surface area contributed by atoms with E-state index in [1.165, 1.54) is 28.6 Å². The highest BCUT2D eigenvalue weighted by Gasteiger charge is 2.14. The van der Waals surface area contributed by atoms with E-state index in [1.807, 2.05) is 0 Å². The van der Waals surface area contributed by atoms with Crippen LogP contribution in [0.4, 0.5) is 5.69 Å². The van der Waals surface area contributed by atoms with Crippen LogP contribution in [0.25, 0.3) is 0 Å². The maximum Gasteiger partial charge on any atom is 0.0510 e. The van der Waals surface area contributed by atoms with Gasteiger partial charge >= 0.3 is 0 Å². The van der Waals surface area contributed by atoms with E-state index in [0.717, 1.165) is 12.8 Å². The molecule has 0 saturated heterocycles. The van der Waals surface area contributed by atoms with Gasteiger partial charge in [0.1, 0.15) is 0 Å². The second-order valence-corrected chi connectivity index (χ2v) is 6.09. The highest BCUT2D eigenvalue weighted by atomic mass is 79.9. The second kappa shape index (κ2) is 7.91. The first-order valence-corrected chi connectivity index (χ1v) is 8.09. The lowest BCUT2D eigenvalue weighted by atomic mass is 10.0. The van der Waals surface area contributed by atoms with Gasteiger partial charge < -0.3 is 10.6 Å². The molecule has 1 aromatic rings. The Morgan fingerprint density at radius 2 is 1.79 bits per heavy atom. The molecule has 0 radical (unpaired) electrons. The van der Waals surface area contributed by atoms with Crippen molar-refractivity contribution in [3.63, 3.8) is 0 Å². The van der Waals surface area contributed by atoms with Crippen molar-refractivity contribution in [3.05, 3.63) is 28.2 Å². The third-order valence-corrected chi connectivity index (χ3v) is 4.54. The first kappa shape index (κ1) is 16.5. The zero-order chi connectivity index (χ0) is 14.4. The number of rotatable bonds is 7. The van der Waals surface area contributed by atoms with Crippen molar-refractivity contribution in [2.24, 2.45) is 5.73 Å². The van der Waals surface area contributed by atoms with Crippen molar-refractivity contribution in [1.29, 1.82) is 0 Å². The molecule has 2 nitrogen and oxygen atoms in total. The van der Waals surface area contributed by atoms with Gasteiger partial charge in [-0.15, -0.1) is 0 Å². The zero-order valence-corrected chi connectivity index (χ0v) is 14.2. The maximum absolute atomic E-state index is 6.02. The molecule has 108 valence electrons. The molecule has 0 aliphatic carbocycles. The Balaban J connectivity index is 2.87. The van der Waals surface area contributed by atoms with E-state index in [1.54, 1.807) is 0 Å². The van der Waals surface area contributed by atoms with Crippen LogP contribution in [0.3, 0.4) is 0 Å². The summed E-state index contributed by atoms with van der Waals surface area (Å²) in [5, 5.41) is 0. The molecule has 19 heavy (non-hydrogen) atoms. The van der Waals surface area contributed by atoms with Gasteiger partial charge in [-0.05, 0) is 59.3 Å². The van der Waals surface area contributed by atoms with Crippen molar-refractivity contribution in [2.75, 3.05) is 11.9 Å². The predicted octanol–water partition coefficient (Wildman–Crippen LogP) is 4.35. The van der Waals surface area contributed by atoms with E-state index >= 15 is 0 Å². The van der Waals surface area contributed by atoms with Gasteiger partial charge in [0.15, 0.2) is 0 Å². The number of nitrogens with two attached hydrogens (primary N) is 1. The van der Waals surface area contributed by atoms with E-state index in [4.69, 9.17) is 5.73 Å². The molecule has 0 amide bonds. The van der Waals surface area contributed by atoms with Gasteiger partial charge in [-0.1, -0.05) is 26.8 Å². The smallest absolute Gasteiger partial charge is 0.0510 e. The summed E-state index contributed by atoms with van der Waals surface area (Å²) in [4.78, 5) is 2.37. The van der Waals surface area contributed by atoms with Crippen LogP contribution in [0.5, 0.6) is 0 Å². The molecule has 0 bridgehead atoms. The standard InChI is InChI=1S/C16H27BrN2/c1-5-13(18)10-12-8-9-16(15(17)11-12)19(4)14(6-2)7-3/h8-9,11,13-14H,5-7,10,18H2,1-4H3. The third-order valence-electron chi connectivity index (χ3n) is 3.90. The molecule has 0 fully saturated rings. The summed E-state index contributed by atoms with van der Waals surface area (Å²) in [5.41, 5.74) is 8.59. The van der Waals surface area contributed by atoms with E-state index in [2.05, 4.69) is 66.8 Å². The largest absolute Gasteiger partial charge is 0.371 e. The van der Waals surface area contributed by atoms with Crippen molar-refractivity contribution in [1.82, 2.24) is 0 Å². The Kier molecular flexibility index (Phi) is 6.87. The summed E-state index contributed by atoms with van der Waals surface area (Å²) in [6.45, 7) is 6.62. The van der Waals surface area contributed by atoms with Gasteiger partial charge in [0.25, 0.3) is 0 Å². The van der Waals surface area contributed by atoms with E-state index in [-0.39, 0.29) is 6.04 Å². The summed E-state index contributed by atoms with van der Waals surface area (Å²) in [5.74, 6) is 0. The van der Waals surface area contributed by atoms with Crippen molar-refractivity contribution in [3.8, 4) is 0 Å². The Morgan fingerprint density at radius 1 is 1.16 bits per heavy atom. The van der Waals surface area contributed by atoms with Crippen LogP contribution in [0.2, 0.25) is 0 Å². The normalized spacial score (nSPS) is 12.8. The molecule has 2 N–H and O–H groups in total. The number of anilines is 1. The molecule has 3 heteroatoms. The van der Waals surface area contributed by atoms with Crippen LogP contribution >= 0.6 is 15.9 Å². The fourth-order valence-electron chi connectivity index (χ4n) is 2.44. The van der Waals surface area contributed by atoms with Gasteiger partial charge in [0.05, 0.1) is 5.69 Å². The summed E-state index contributed by atoms with van der Waals surface area (Å²) >= 11 is 3.70. The van der Waals surface area contributed by atoms with Crippen molar-refractivity contribution >= 4 is 21.6 Å². The van der Waals surface area contributed by atoms with Gasteiger partial charge in [-0.2, -0.15) is 0 Å². The number of hydrogen-bond donors (Lipinski definition) is 1. The van der Waals surface area contributed by atoms with E-state index in [0.29, 0.717) is 6.04 Å². The Labute approximate surface area is 126 Å². The highest BCUT2D eigenvalue weighted by Crippen LogP contribution is 2.29. The first-order chi connectivity index (χ1) is 9.03. The van der Waals surface area contributed by atoms with Crippen LogP contribution in [-0.4, -0.2) is 19.1 Å². The lowest BCUT2D eigenvalue weighted by molar-refractivity contribution is 0.590. The molecule has 0 aliphatic heterocycles. The monoisotopic (exact) mass is 326 g/mol. The van der Waals surface area contributed by atoms with Crippen LogP contribution in [0.15, 0.2) is 22.7 Å². The molecular weight excluding hydrogens is 300 g/mol. The summed E-state index contributed by atoms with van der Waals surface area (Å²) in [7, 11) is 2.18. The minimum absolute atomic E-state index is 0.259. The van der Waals surface area contributed by atoms with Crippen LogP contribution in [-0.2, 0) is 6.42 Å². The molecule has 0 aromatic heterocycles. The third kappa shape index (κ3) is 4.50. The molecular formula is C16H27BrN2. The molecule has 0 saturated carbocycles. The lowest BCUT2D eigenvalue weighted by Gasteiger charge is -2.29. The maximum atomic E-state index is 6.02. The molecule has 1 rings (SSSR count). The number of hydrogen-bond acceptors (Lipinski definition) is 2. The molecule has 0 spiro atoms. The van der Waals surface area contributed by atoms with Crippen LogP contribution in [0.1, 0.15) is 45.6 Å². The second-order valence-electron chi connectivity index (χ2n) is 5.24. The van der Waals surface area contributed by atoms with Gasteiger partial charge in [0, 0.05) is 23.6 Å². The molecule has 0 heterocycles. The fourth-order valence-corrected chi connectivity index (χ4v) is 3.15. The van der Waals surface area contributed by atoms with Gasteiger partial charge in [0.2, 0.25) is 0 Å². The average Bonchev–Trinajstić information content (AvgIpc) is 2.40. The minimum atomic E-state index is 0.259. The fraction of sp³-hybridized carbons (Fsp3) is 0.625. The molecule has 1 atom stereocenters. The summed E-state index contributed by atoms with van der Waals surface area (Å²) in [6.07, 6.45) is 4.31. The predicted molar refractivity (Wildman–Crippen MR) is 88.9 cm³/mol. The van der Waals surface area contributed by atoms with Crippen molar-refractivity contribution < 1.29 is 0 Å². The molecule has 1 aromatic carbocycles. The summed E-state index contributed by atoms with van der Waals surface area (Å²) in [6, 6.07) is 7.48.